The molecule has 16 heavy (non-hydrogen) atoms. The topological polar surface area (TPSA) is 29.1 Å². The van der Waals surface area contributed by atoms with Crippen LogP contribution in [-0.2, 0) is 11.2 Å². The lowest BCUT2D eigenvalue weighted by molar-refractivity contribution is -0.123. The van der Waals surface area contributed by atoms with E-state index in [2.05, 4.69) is 5.32 Å². The lowest BCUT2D eigenvalue weighted by Gasteiger charge is -2.08. The number of rotatable bonds is 4. The Balaban J connectivity index is 2.46. The summed E-state index contributed by atoms with van der Waals surface area (Å²) in [5, 5.41) is 3.65. The van der Waals surface area contributed by atoms with E-state index >= 15 is 0 Å². The van der Waals surface area contributed by atoms with Crippen molar-refractivity contribution in [3.05, 3.63) is 34.3 Å². The molecule has 0 heterocycles. The van der Waals surface area contributed by atoms with Gasteiger partial charge in [-0.25, -0.2) is 0 Å². The summed E-state index contributed by atoms with van der Waals surface area (Å²) in [5.41, 5.74) is 2.23. The average molecular weight is 240 g/mol. The fourth-order valence-electron chi connectivity index (χ4n) is 1.38. The zero-order valence-corrected chi connectivity index (χ0v) is 10.8. The Hall–Kier alpha value is -1.02. The molecule has 0 aliphatic rings. The first-order chi connectivity index (χ1) is 7.50. The molecule has 0 spiro atoms. The second kappa shape index (κ2) is 5.90. The number of hydrogen-bond acceptors (Lipinski definition) is 1. The Labute approximate surface area is 102 Å². The molecule has 2 nitrogen and oxygen atoms in total. The minimum atomic E-state index is 0.0356. The van der Waals surface area contributed by atoms with E-state index in [9.17, 15) is 4.79 Å². The summed E-state index contributed by atoms with van der Waals surface area (Å²) < 4.78 is 0. The first kappa shape index (κ1) is 13.0. The van der Waals surface area contributed by atoms with E-state index in [1.807, 2.05) is 39.0 Å². The first-order valence-electron chi connectivity index (χ1n) is 5.53. The van der Waals surface area contributed by atoms with Gasteiger partial charge in [0, 0.05) is 17.5 Å². The molecular weight excluding hydrogens is 222 g/mol. The van der Waals surface area contributed by atoms with Crippen LogP contribution >= 0.6 is 11.6 Å². The first-order valence-corrected chi connectivity index (χ1v) is 5.91. The summed E-state index contributed by atoms with van der Waals surface area (Å²) in [7, 11) is 0. The van der Waals surface area contributed by atoms with Gasteiger partial charge in [0.15, 0.2) is 0 Å². The molecule has 0 aromatic heterocycles. The molecule has 0 bridgehead atoms. The zero-order chi connectivity index (χ0) is 12.1. The van der Waals surface area contributed by atoms with Gasteiger partial charge in [0.25, 0.3) is 0 Å². The van der Waals surface area contributed by atoms with Gasteiger partial charge in [0.1, 0.15) is 0 Å². The maximum atomic E-state index is 11.3. The van der Waals surface area contributed by atoms with Crippen molar-refractivity contribution in [2.75, 3.05) is 6.54 Å². The van der Waals surface area contributed by atoms with Crippen molar-refractivity contribution in [3.8, 4) is 0 Å². The molecule has 1 rings (SSSR count). The van der Waals surface area contributed by atoms with Gasteiger partial charge in [-0.3, -0.25) is 4.79 Å². The maximum absolute atomic E-state index is 11.3. The number of benzene rings is 1. The second-order valence-electron chi connectivity index (χ2n) is 4.29. The number of carbonyl (C=O) groups is 1. The largest absolute Gasteiger partial charge is 0.356 e. The van der Waals surface area contributed by atoms with Crippen LogP contribution in [0.4, 0.5) is 0 Å². The average Bonchev–Trinajstić information content (AvgIpc) is 2.20. The van der Waals surface area contributed by atoms with Crippen LogP contribution in [0.1, 0.15) is 25.0 Å². The third kappa shape index (κ3) is 3.86. The molecule has 0 aliphatic heterocycles. The Morgan fingerprint density at radius 2 is 2.12 bits per heavy atom. The fraction of sp³-hybridized carbons (Fsp3) is 0.462. The summed E-state index contributed by atoms with van der Waals surface area (Å²) in [6, 6.07) is 5.99. The number of nitrogens with one attached hydrogen (secondary N) is 1. The lowest BCUT2D eigenvalue weighted by Crippen LogP contribution is -2.29. The van der Waals surface area contributed by atoms with Gasteiger partial charge in [-0.1, -0.05) is 37.6 Å². The molecule has 0 saturated heterocycles. The van der Waals surface area contributed by atoms with Crippen molar-refractivity contribution >= 4 is 17.5 Å². The molecule has 0 aliphatic carbocycles. The number of amides is 1. The second-order valence-corrected chi connectivity index (χ2v) is 4.70. The third-order valence-corrected chi connectivity index (χ3v) is 2.78. The monoisotopic (exact) mass is 239 g/mol. The van der Waals surface area contributed by atoms with E-state index in [4.69, 9.17) is 11.6 Å². The van der Waals surface area contributed by atoms with E-state index in [0.717, 1.165) is 22.6 Å². The molecule has 0 fully saturated rings. The van der Waals surface area contributed by atoms with Crippen molar-refractivity contribution in [1.29, 1.82) is 0 Å². The third-order valence-electron chi connectivity index (χ3n) is 2.43. The summed E-state index contributed by atoms with van der Waals surface area (Å²) in [5.74, 6) is 0.122. The summed E-state index contributed by atoms with van der Waals surface area (Å²) in [4.78, 5) is 11.3. The normalized spacial score (nSPS) is 10.6. The predicted molar refractivity (Wildman–Crippen MR) is 67.7 cm³/mol. The van der Waals surface area contributed by atoms with Gasteiger partial charge >= 0.3 is 0 Å². The summed E-state index contributed by atoms with van der Waals surface area (Å²) in [6.07, 6.45) is 0.775. The highest BCUT2D eigenvalue weighted by atomic mass is 35.5. The van der Waals surface area contributed by atoms with Crippen LogP contribution in [0.3, 0.4) is 0 Å². The van der Waals surface area contributed by atoms with Gasteiger partial charge in [0.05, 0.1) is 0 Å². The zero-order valence-electron chi connectivity index (χ0n) is 10.0. The minimum Gasteiger partial charge on any atom is -0.356 e. The Morgan fingerprint density at radius 1 is 1.44 bits per heavy atom. The highest BCUT2D eigenvalue weighted by Gasteiger charge is 2.06. The van der Waals surface area contributed by atoms with E-state index in [1.54, 1.807) is 0 Å². The van der Waals surface area contributed by atoms with E-state index in [1.165, 1.54) is 0 Å². The molecule has 0 saturated carbocycles. The fourth-order valence-corrected chi connectivity index (χ4v) is 1.71. The van der Waals surface area contributed by atoms with Crippen LogP contribution in [0.5, 0.6) is 0 Å². The van der Waals surface area contributed by atoms with Crippen molar-refractivity contribution in [3.63, 3.8) is 0 Å². The number of aryl methyl sites for hydroxylation is 1. The van der Waals surface area contributed by atoms with Crippen molar-refractivity contribution in [2.45, 2.75) is 27.2 Å². The van der Waals surface area contributed by atoms with Gasteiger partial charge in [-0.15, -0.1) is 0 Å². The van der Waals surface area contributed by atoms with Crippen LogP contribution < -0.4 is 5.32 Å². The lowest BCUT2D eigenvalue weighted by atomic mass is 10.1. The quantitative estimate of drug-likeness (QED) is 0.860. The van der Waals surface area contributed by atoms with Gasteiger partial charge < -0.3 is 5.32 Å². The Morgan fingerprint density at radius 3 is 2.69 bits per heavy atom. The molecule has 0 unspecified atom stereocenters. The number of halogens is 1. The molecule has 1 N–H and O–H groups in total. The summed E-state index contributed by atoms with van der Waals surface area (Å²) >= 11 is 6.09. The highest BCUT2D eigenvalue weighted by Crippen LogP contribution is 2.17. The van der Waals surface area contributed by atoms with Crippen LogP contribution in [0.15, 0.2) is 18.2 Å². The van der Waals surface area contributed by atoms with Crippen LogP contribution in [-0.4, -0.2) is 12.5 Å². The van der Waals surface area contributed by atoms with Crippen LogP contribution in [0.2, 0.25) is 5.02 Å². The molecule has 1 amide bonds. The molecule has 1 aromatic carbocycles. The predicted octanol–water partition coefficient (Wildman–Crippen LogP) is 2.96. The molecule has 88 valence electrons. The number of carbonyl (C=O) groups excluding carboxylic acids is 1. The SMILES string of the molecule is Cc1ccc(CCNC(=O)C(C)C)c(Cl)c1. The van der Waals surface area contributed by atoms with Crippen LogP contribution in [0, 0.1) is 12.8 Å². The number of hydrogen-bond donors (Lipinski definition) is 1. The Kier molecular flexibility index (Phi) is 4.81. The highest BCUT2D eigenvalue weighted by molar-refractivity contribution is 6.31. The van der Waals surface area contributed by atoms with Crippen molar-refractivity contribution in [1.82, 2.24) is 5.32 Å². The Bertz CT molecular complexity index is 374. The van der Waals surface area contributed by atoms with Gasteiger partial charge in [0.2, 0.25) is 5.91 Å². The molecular formula is C13H18ClNO. The smallest absolute Gasteiger partial charge is 0.222 e. The molecule has 1 aromatic rings. The standard InChI is InChI=1S/C13H18ClNO/c1-9(2)13(16)15-7-6-11-5-4-10(3)8-12(11)14/h4-5,8-9H,6-7H2,1-3H3,(H,15,16). The van der Waals surface area contributed by atoms with Gasteiger partial charge in [-0.2, -0.15) is 0 Å². The van der Waals surface area contributed by atoms with Gasteiger partial charge in [-0.05, 0) is 30.5 Å². The maximum Gasteiger partial charge on any atom is 0.222 e. The molecule has 0 radical (unpaired) electrons. The van der Waals surface area contributed by atoms with E-state index in [0.29, 0.717) is 6.54 Å². The van der Waals surface area contributed by atoms with Crippen LogP contribution in [0.25, 0.3) is 0 Å². The summed E-state index contributed by atoms with van der Waals surface area (Å²) in [6.45, 7) is 6.42. The molecule has 0 atom stereocenters. The van der Waals surface area contributed by atoms with Crippen molar-refractivity contribution in [2.24, 2.45) is 5.92 Å². The van der Waals surface area contributed by atoms with E-state index < -0.39 is 0 Å². The van der Waals surface area contributed by atoms with E-state index in [-0.39, 0.29) is 11.8 Å². The van der Waals surface area contributed by atoms with Crippen molar-refractivity contribution < 1.29 is 4.79 Å². The minimum absolute atomic E-state index is 0.0356. The molecule has 3 heteroatoms.